The van der Waals surface area contributed by atoms with Gasteiger partial charge in [0.2, 0.25) is 0 Å². The van der Waals surface area contributed by atoms with Crippen LogP contribution in [0.4, 0.5) is 8.78 Å². The first-order chi connectivity index (χ1) is 10.6. The Bertz CT molecular complexity index is 674. The second-order valence-electron chi connectivity index (χ2n) is 5.28. The lowest BCUT2D eigenvalue weighted by Gasteiger charge is -2.22. The highest BCUT2D eigenvalue weighted by Crippen LogP contribution is 2.18. The average Bonchev–Trinajstić information content (AvgIpc) is 3.17. The monoisotopic (exact) mass is 306 g/mol. The summed E-state index contributed by atoms with van der Waals surface area (Å²) in [5.41, 5.74) is -0.121. The summed E-state index contributed by atoms with van der Waals surface area (Å²) >= 11 is 0. The summed E-state index contributed by atoms with van der Waals surface area (Å²) in [7, 11) is 1.71. The Balaban J connectivity index is 1.86. The van der Waals surface area contributed by atoms with Gasteiger partial charge in [-0.1, -0.05) is 6.07 Å². The molecule has 1 N–H and O–H groups in total. The molecule has 1 unspecified atom stereocenters. The van der Waals surface area contributed by atoms with Crippen LogP contribution in [0.25, 0.3) is 5.69 Å². The van der Waals surface area contributed by atoms with Gasteiger partial charge in [-0.15, -0.1) is 0 Å². The fraction of sp³-hybridized carbons (Fsp3) is 0.333. The van der Waals surface area contributed by atoms with Gasteiger partial charge in [0.05, 0.1) is 0 Å². The summed E-state index contributed by atoms with van der Waals surface area (Å²) in [6, 6.07) is 5.16. The van der Waals surface area contributed by atoms with Gasteiger partial charge in [0, 0.05) is 25.8 Å². The topological polar surface area (TPSA) is 50.2 Å². The summed E-state index contributed by atoms with van der Waals surface area (Å²) < 4.78 is 28.5. The molecular weight excluding hydrogens is 290 g/mol. The molecule has 1 aromatic heterocycles. The highest BCUT2D eigenvalue weighted by atomic mass is 19.1. The molecule has 0 aliphatic carbocycles. The van der Waals surface area contributed by atoms with Crippen LogP contribution in [-0.4, -0.2) is 46.8 Å². The summed E-state index contributed by atoms with van der Waals surface area (Å²) in [5, 5.41) is 7.21. The predicted octanol–water partition coefficient (Wildman–Crippen LogP) is 1.58. The van der Waals surface area contributed by atoms with Crippen molar-refractivity contribution in [3.8, 4) is 5.69 Å². The lowest BCUT2D eigenvalue weighted by atomic mass is 10.2. The largest absolute Gasteiger partial charge is 0.336 e. The molecule has 3 rings (SSSR count). The van der Waals surface area contributed by atoms with Crippen LogP contribution in [-0.2, 0) is 0 Å². The fourth-order valence-electron chi connectivity index (χ4n) is 2.59. The molecule has 1 atom stereocenters. The molecule has 0 bridgehead atoms. The number of likely N-dealkylation sites (N-methyl/N-ethyl adjacent to an activating group) is 1. The molecule has 2 aromatic rings. The Kier molecular flexibility index (Phi) is 3.89. The number of rotatable bonds is 3. The molecule has 1 fully saturated rings. The SMILES string of the molecule is CN(C(=O)c1ccn(-c2c(F)cccc2F)n1)C1CCNC1. The molecule has 7 heteroatoms. The van der Waals surface area contributed by atoms with E-state index in [1.807, 2.05) is 0 Å². The number of nitrogens with one attached hydrogen (secondary N) is 1. The third-order valence-electron chi connectivity index (χ3n) is 3.88. The van der Waals surface area contributed by atoms with Gasteiger partial charge < -0.3 is 10.2 Å². The zero-order chi connectivity index (χ0) is 15.7. The van der Waals surface area contributed by atoms with Crippen LogP contribution >= 0.6 is 0 Å². The van der Waals surface area contributed by atoms with E-state index >= 15 is 0 Å². The number of carbonyl (C=O) groups excluding carboxylic acids is 1. The van der Waals surface area contributed by atoms with Crippen molar-refractivity contribution in [2.45, 2.75) is 12.5 Å². The zero-order valence-electron chi connectivity index (χ0n) is 12.1. The van der Waals surface area contributed by atoms with Crippen molar-refractivity contribution in [3.63, 3.8) is 0 Å². The molecule has 1 aliphatic heterocycles. The Morgan fingerprint density at radius 1 is 1.36 bits per heavy atom. The van der Waals surface area contributed by atoms with E-state index in [-0.39, 0.29) is 23.3 Å². The Hall–Kier alpha value is -2.28. The molecule has 0 radical (unpaired) electrons. The van der Waals surface area contributed by atoms with Crippen molar-refractivity contribution >= 4 is 5.91 Å². The number of carbonyl (C=O) groups is 1. The number of amides is 1. The predicted molar refractivity (Wildman–Crippen MR) is 76.8 cm³/mol. The highest BCUT2D eigenvalue weighted by Gasteiger charge is 2.25. The second kappa shape index (κ2) is 5.84. The number of halogens is 2. The first-order valence-electron chi connectivity index (χ1n) is 7.06. The van der Waals surface area contributed by atoms with Gasteiger partial charge >= 0.3 is 0 Å². The highest BCUT2D eigenvalue weighted by molar-refractivity contribution is 5.92. The molecule has 116 valence electrons. The van der Waals surface area contributed by atoms with Crippen LogP contribution in [0.15, 0.2) is 30.5 Å². The Labute approximate surface area is 126 Å². The maximum Gasteiger partial charge on any atom is 0.274 e. The fourth-order valence-corrected chi connectivity index (χ4v) is 2.59. The van der Waals surface area contributed by atoms with E-state index in [9.17, 15) is 13.6 Å². The van der Waals surface area contributed by atoms with Gasteiger partial charge in [-0.3, -0.25) is 4.79 Å². The van der Waals surface area contributed by atoms with E-state index in [0.29, 0.717) is 0 Å². The van der Waals surface area contributed by atoms with Gasteiger partial charge in [-0.2, -0.15) is 5.10 Å². The zero-order valence-corrected chi connectivity index (χ0v) is 12.1. The number of benzene rings is 1. The van der Waals surface area contributed by atoms with Crippen molar-refractivity contribution in [1.82, 2.24) is 20.0 Å². The summed E-state index contributed by atoms with van der Waals surface area (Å²) in [6.45, 7) is 1.61. The summed E-state index contributed by atoms with van der Waals surface area (Å²) in [5.74, 6) is -1.71. The molecule has 22 heavy (non-hydrogen) atoms. The molecular formula is C15H16F2N4O. The van der Waals surface area contributed by atoms with Crippen molar-refractivity contribution in [2.24, 2.45) is 0 Å². The van der Waals surface area contributed by atoms with Crippen LogP contribution < -0.4 is 5.32 Å². The number of hydrogen-bond acceptors (Lipinski definition) is 3. The van der Waals surface area contributed by atoms with Crippen LogP contribution in [0.1, 0.15) is 16.9 Å². The van der Waals surface area contributed by atoms with Crippen molar-refractivity contribution in [2.75, 3.05) is 20.1 Å². The number of para-hydroxylation sites is 1. The summed E-state index contributed by atoms with van der Waals surface area (Å²) in [6.07, 6.45) is 2.26. The molecule has 1 saturated heterocycles. The van der Waals surface area contributed by atoms with E-state index in [1.54, 1.807) is 11.9 Å². The van der Waals surface area contributed by atoms with E-state index in [2.05, 4.69) is 10.4 Å². The smallest absolute Gasteiger partial charge is 0.274 e. The molecule has 1 aromatic carbocycles. The lowest BCUT2D eigenvalue weighted by molar-refractivity contribution is 0.0737. The van der Waals surface area contributed by atoms with Crippen LogP contribution in [0.2, 0.25) is 0 Å². The molecule has 5 nitrogen and oxygen atoms in total. The minimum atomic E-state index is -0.726. The van der Waals surface area contributed by atoms with Gasteiger partial charge in [0.15, 0.2) is 17.3 Å². The third-order valence-corrected chi connectivity index (χ3v) is 3.88. The van der Waals surface area contributed by atoms with Crippen LogP contribution in [0.5, 0.6) is 0 Å². The van der Waals surface area contributed by atoms with Crippen molar-refractivity contribution in [3.05, 3.63) is 47.8 Å². The minimum Gasteiger partial charge on any atom is -0.336 e. The van der Waals surface area contributed by atoms with E-state index in [0.717, 1.165) is 36.3 Å². The Morgan fingerprint density at radius 2 is 2.09 bits per heavy atom. The van der Waals surface area contributed by atoms with Crippen molar-refractivity contribution in [1.29, 1.82) is 0 Å². The summed E-state index contributed by atoms with van der Waals surface area (Å²) in [4.78, 5) is 14.0. The van der Waals surface area contributed by atoms with Gasteiger partial charge in [0.25, 0.3) is 5.91 Å². The normalized spacial score (nSPS) is 17.7. The quantitative estimate of drug-likeness (QED) is 0.937. The maximum absolute atomic E-state index is 13.7. The lowest BCUT2D eigenvalue weighted by Crippen LogP contribution is -2.38. The van der Waals surface area contributed by atoms with E-state index in [4.69, 9.17) is 0 Å². The van der Waals surface area contributed by atoms with Crippen LogP contribution in [0.3, 0.4) is 0 Å². The van der Waals surface area contributed by atoms with Crippen LogP contribution in [0, 0.1) is 11.6 Å². The number of nitrogens with zero attached hydrogens (tertiary/aromatic N) is 3. The van der Waals surface area contributed by atoms with E-state index in [1.165, 1.54) is 18.3 Å². The second-order valence-corrected chi connectivity index (χ2v) is 5.28. The average molecular weight is 306 g/mol. The van der Waals surface area contributed by atoms with Crippen molar-refractivity contribution < 1.29 is 13.6 Å². The molecule has 2 heterocycles. The third kappa shape index (κ3) is 2.59. The standard InChI is InChI=1S/C15H16F2N4O/c1-20(10-5-7-18-9-10)15(22)13-6-8-21(19-13)14-11(16)3-2-4-12(14)17/h2-4,6,8,10,18H,5,7,9H2,1H3. The number of hydrogen-bond donors (Lipinski definition) is 1. The molecule has 0 saturated carbocycles. The van der Waals surface area contributed by atoms with Gasteiger partial charge in [-0.25, -0.2) is 13.5 Å². The van der Waals surface area contributed by atoms with E-state index < -0.39 is 11.6 Å². The first kappa shape index (κ1) is 14.6. The molecule has 1 aliphatic rings. The minimum absolute atomic E-state index is 0.114. The molecule has 1 amide bonds. The van der Waals surface area contributed by atoms with Gasteiger partial charge in [-0.05, 0) is 31.2 Å². The first-order valence-corrected chi connectivity index (χ1v) is 7.06. The molecule has 0 spiro atoms. The Morgan fingerprint density at radius 3 is 2.73 bits per heavy atom. The van der Waals surface area contributed by atoms with Gasteiger partial charge in [0.1, 0.15) is 5.69 Å². The maximum atomic E-state index is 13.7. The number of aromatic nitrogens is 2.